The summed E-state index contributed by atoms with van der Waals surface area (Å²) in [6.45, 7) is 0. The lowest BCUT2D eigenvalue weighted by Gasteiger charge is -2.56. The molecule has 0 heterocycles. The van der Waals surface area contributed by atoms with Crippen LogP contribution in [0.25, 0.3) is 0 Å². The van der Waals surface area contributed by atoms with Gasteiger partial charge in [-0.1, -0.05) is 12.1 Å². The minimum Gasteiger partial charge on any atom is -0.478 e. The highest BCUT2D eigenvalue weighted by molar-refractivity contribution is 6.01. The third-order valence-corrected chi connectivity index (χ3v) is 5.91. The van der Waals surface area contributed by atoms with Crippen molar-refractivity contribution in [1.29, 1.82) is 0 Å². The molecule has 5 rings (SSSR count). The summed E-state index contributed by atoms with van der Waals surface area (Å²) < 4.78 is 0. The molecule has 0 unspecified atom stereocenters. The van der Waals surface area contributed by atoms with Crippen molar-refractivity contribution in [3.8, 4) is 0 Å². The van der Waals surface area contributed by atoms with E-state index in [0.29, 0.717) is 5.56 Å². The Hall–Kier alpha value is -1.64. The van der Waals surface area contributed by atoms with Crippen LogP contribution in [-0.4, -0.2) is 16.9 Å². The lowest BCUT2D eigenvalue weighted by molar-refractivity contribution is -0.0353. The van der Waals surface area contributed by atoms with Gasteiger partial charge in [-0.05, 0) is 68.4 Å². The molecule has 110 valence electrons. The van der Waals surface area contributed by atoms with Crippen LogP contribution in [0.2, 0.25) is 0 Å². The summed E-state index contributed by atoms with van der Waals surface area (Å²) in [5, 5.41) is 8.96. The van der Waals surface area contributed by atoms with E-state index < -0.39 is 5.97 Å². The summed E-state index contributed by atoms with van der Waals surface area (Å²) in [5.74, 6) is 1.57. The smallest absolute Gasteiger partial charge is 0.335 e. The van der Waals surface area contributed by atoms with Crippen molar-refractivity contribution in [1.82, 2.24) is 0 Å². The van der Waals surface area contributed by atoms with Gasteiger partial charge in [-0.2, -0.15) is 0 Å². The molecular formula is C18H20O3. The van der Waals surface area contributed by atoms with Gasteiger partial charge < -0.3 is 5.11 Å². The molecule has 0 amide bonds. The number of ketones is 1. The summed E-state index contributed by atoms with van der Waals surface area (Å²) in [6, 6.07) is 6.50. The summed E-state index contributed by atoms with van der Waals surface area (Å²) >= 11 is 0. The topological polar surface area (TPSA) is 54.4 Å². The predicted octanol–water partition coefficient (Wildman–Crippen LogP) is 3.78. The maximum Gasteiger partial charge on any atom is 0.335 e. The number of benzene rings is 1. The van der Waals surface area contributed by atoms with Crippen molar-refractivity contribution in [2.75, 3.05) is 0 Å². The van der Waals surface area contributed by atoms with Crippen LogP contribution in [0.3, 0.4) is 0 Å². The predicted molar refractivity (Wildman–Crippen MR) is 78.3 cm³/mol. The third kappa shape index (κ3) is 2.02. The van der Waals surface area contributed by atoms with Gasteiger partial charge in [-0.15, -0.1) is 0 Å². The molecule has 0 radical (unpaired) electrons. The first-order valence-electron chi connectivity index (χ1n) is 7.94. The van der Waals surface area contributed by atoms with Crippen LogP contribution in [0, 0.1) is 23.2 Å². The van der Waals surface area contributed by atoms with E-state index in [0.717, 1.165) is 37.0 Å². The zero-order valence-corrected chi connectivity index (χ0v) is 12.0. The average molecular weight is 284 g/mol. The van der Waals surface area contributed by atoms with Gasteiger partial charge in [-0.3, -0.25) is 4.79 Å². The van der Waals surface area contributed by atoms with Gasteiger partial charge in [-0.25, -0.2) is 4.79 Å². The lowest BCUT2D eigenvalue weighted by Crippen LogP contribution is -2.50. The first kappa shape index (κ1) is 13.1. The molecule has 1 aromatic rings. The van der Waals surface area contributed by atoms with Gasteiger partial charge in [0.05, 0.1) is 5.56 Å². The normalized spacial score (nSPS) is 36.7. The second-order valence-corrected chi connectivity index (χ2v) is 7.41. The molecule has 1 N–H and O–H groups in total. The summed E-state index contributed by atoms with van der Waals surface area (Å²) in [7, 11) is 0. The molecule has 3 heteroatoms. The Labute approximate surface area is 124 Å². The van der Waals surface area contributed by atoms with Crippen LogP contribution in [0.15, 0.2) is 24.3 Å². The molecule has 4 bridgehead atoms. The van der Waals surface area contributed by atoms with Gasteiger partial charge in [0.2, 0.25) is 0 Å². The van der Waals surface area contributed by atoms with E-state index in [-0.39, 0.29) is 16.8 Å². The highest BCUT2D eigenvalue weighted by Gasteiger charge is 2.54. The Bertz CT molecular complexity index is 564. The van der Waals surface area contributed by atoms with E-state index in [4.69, 9.17) is 5.11 Å². The van der Waals surface area contributed by atoms with Crippen molar-refractivity contribution < 1.29 is 14.7 Å². The van der Waals surface area contributed by atoms with E-state index in [1.807, 2.05) is 0 Å². The maximum atomic E-state index is 13.0. The number of hydrogen-bond donors (Lipinski definition) is 1. The Balaban J connectivity index is 1.63. The van der Waals surface area contributed by atoms with Crippen molar-refractivity contribution in [2.45, 2.75) is 38.5 Å². The Morgan fingerprint density at radius 2 is 1.29 bits per heavy atom. The highest BCUT2D eigenvalue weighted by Crippen LogP contribution is 2.60. The monoisotopic (exact) mass is 284 g/mol. The molecule has 21 heavy (non-hydrogen) atoms. The number of rotatable bonds is 3. The molecule has 0 saturated heterocycles. The standard InChI is InChI=1S/C18H20O3/c19-16(14-1-3-15(4-2-14)17(20)21)18-8-11-5-12(9-18)7-13(6-11)10-18/h1-4,11-13H,5-10H2,(H,20,21). The molecule has 4 saturated carbocycles. The number of aromatic carboxylic acids is 1. The Morgan fingerprint density at radius 3 is 1.71 bits per heavy atom. The fourth-order valence-electron chi connectivity index (χ4n) is 5.46. The largest absolute Gasteiger partial charge is 0.478 e. The highest BCUT2D eigenvalue weighted by atomic mass is 16.4. The number of carboxylic acids is 1. The van der Waals surface area contributed by atoms with E-state index >= 15 is 0 Å². The summed E-state index contributed by atoms with van der Waals surface area (Å²) in [6.07, 6.45) is 7.13. The molecule has 1 aromatic carbocycles. The Kier molecular flexibility index (Phi) is 2.75. The van der Waals surface area contributed by atoms with Gasteiger partial charge >= 0.3 is 5.97 Å². The number of carboxylic acid groups (broad SMARTS) is 1. The number of carbonyl (C=O) groups is 2. The van der Waals surface area contributed by atoms with Crippen LogP contribution >= 0.6 is 0 Å². The zero-order valence-electron chi connectivity index (χ0n) is 12.0. The summed E-state index contributed by atoms with van der Waals surface area (Å²) in [4.78, 5) is 24.0. The molecule has 0 spiro atoms. The van der Waals surface area contributed by atoms with Crippen molar-refractivity contribution >= 4 is 11.8 Å². The maximum absolute atomic E-state index is 13.0. The molecule has 4 aliphatic carbocycles. The Morgan fingerprint density at radius 1 is 0.857 bits per heavy atom. The minimum absolute atomic E-state index is 0.139. The second-order valence-electron chi connectivity index (χ2n) is 7.41. The molecular weight excluding hydrogens is 264 g/mol. The first-order chi connectivity index (χ1) is 10.1. The average Bonchev–Trinajstić information content (AvgIpc) is 2.45. The molecule has 4 fully saturated rings. The summed E-state index contributed by atoms with van der Waals surface area (Å²) in [5.41, 5.74) is 0.804. The number of Topliss-reactive ketones (excluding diaryl/α,β-unsaturated/α-hetero) is 1. The SMILES string of the molecule is O=C(O)c1ccc(C(=O)C23CC4CC(CC(C4)C2)C3)cc1. The molecule has 0 aliphatic heterocycles. The van der Waals surface area contributed by atoms with Crippen LogP contribution < -0.4 is 0 Å². The van der Waals surface area contributed by atoms with E-state index in [1.54, 1.807) is 24.3 Å². The van der Waals surface area contributed by atoms with Gasteiger partial charge in [0.15, 0.2) is 5.78 Å². The fraction of sp³-hybridized carbons (Fsp3) is 0.556. The fourth-order valence-corrected chi connectivity index (χ4v) is 5.46. The number of hydrogen-bond acceptors (Lipinski definition) is 2. The zero-order chi connectivity index (χ0) is 14.6. The minimum atomic E-state index is -0.941. The van der Waals surface area contributed by atoms with E-state index in [2.05, 4.69) is 0 Å². The molecule has 3 nitrogen and oxygen atoms in total. The lowest BCUT2D eigenvalue weighted by atomic mass is 9.48. The first-order valence-corrected chi connectivity index (χ1v) is 7.94. The van der Waals surface area contributed by atoms with E-state index in [9.17, 15) is 9.59 Å². The van der Waals surface area contributed by atoms with Crippen LogP contribution in [0.4, 0.5) is 0 Å². The molecule has 0 atom stereocenters. The second kappa shape index (κ2) is 4.43. The van der Waals surface area contributed by atoms with Crippen molar-refractivity contribution in [3.63, 3.8) is 0 Å². The van der Waals surface area contributed by atoms with E-state index in [1.165, 1.54) is 19.3 Å². The van der Waals surface area contributed by atoms with Gasteiger partial charge in [0.1, 0.15) is 0 Å². The van der Waals surface area contributed by atoms with Gasteiger partial charge in [0, 0.05) is 11.0 Å². The quantitative estimate of drug-likeness (QED) is 0.859. The van der Waals surface area contributed by atoms with Crippen LogP contribution in [0.1, 0.15) is 59.2 Å². The number of carbonyl (C=O) groups excluding carboxylic acids is 1. The van der Waals surface area contributed by atoms with Crippen LogP contribution in [-0.2, 0) is 0 Å². The molecule has 0 aromatic heterocycles. The third-order valence-electron chi connectivity index (χ3n) is 5.91. The van der Waals surface area contributed by atoms with Crippen molar-refractivity contribution in [2.24, 2.45) is 23.2 Å². The molecule has 4 aliphatic rings. The van der Waals surface area contributed by atoms with Gasteiger partial charge in [0.25, 0.3) is 0 Å². The van der Waals surface area contributed by atoms with Crippen molar-refractivity contribution in [3.05, 3.63) is 35.4 Å². The van der Waals surface area contributed by atoms with Crippen LogP contribution in [0.5, 0.6) is 0 Å².